The van der Waals surface area contributed by atoms with Gasteiger partial charge in [0.15, 0.2) is 0 Å². The van der Waals surface area contributed by atoms with Crippen LogP contribution in [-0.2, 0) is 6.42 Å². The second kappa shape index (κ2) is 7.88. The lowest BCUT2D eigenvalue weighted by atomic mass is 10.1. The Balaban J connectivity index is 1.52. The molecule has 132 valence electrons. The van der Waals surface area contributed by atoms with Crippen molar-refractivity contribution in [3.05, 3.63) is 23.8 Å². The molecule has 5 heteroatoms. The number of hydrogen-bond donors (Lipinski definition) is 1. The highest BCUT2D eigenvalue weighted by Crippen LogP contribution is 2.28. The molecule has 1 saturated heterocycles. The third-order valence-corrected chi connectivity index (χ3v) is 4.91. The van der Waals surface area contributed by atoms with Crippen LogP contribution in [0, 0.1) is 5.92 Å². The highest BCUT2D eigenvalue weighted by Gasteiger charge is 2.27. The summed E-state index contributed by atoms with van der Waals surface area (Å²) in [6.07, 6.45) is 4.34. The van der Waals surface area contributed by atoms with Crippen molar-refractivity contribution in [2.75, 3.05) is 45.2 Å². The Hall–Kier alpha value is -1.75. The first kappa shape index (κ1) is 17.1. The molecular formula is C19H29N3O2. The van der Waals surface area contributed by atoms with Crippen molar-refractivity contribution < 1.29 is 9.53 Å². The fourth-order valence-corrected chi connectivity index (χ4v) is 3.72. The summed E-state index contributed by atoms with van der Waals surface area (Å²) in [4.78, 5) is 16.8. The number of urea groups is 1. The minimum absolute atomic E-state index is 0.0207. The Morgan fingerprint density at radius 3 is 3.17 bits per heavy atom. The van der Waals surface area contributed by atoms with Crippen LogP contribution in [0.3, 0.4) is 0 Å². The van der Waals surface area contributed by atoms with Crippen molar-refractivity contribution in [3.63, 3.8) is 0 Å². The van der Waals surface area contributed by atoms with Gasteiger partial charge in [0.05, 0.1) is 6.61 Å². The minimum atomic E-state index is 0.0207. The van der Waals surface area contributed by atoms with Crippen molar-refractivity contribution in [2.45, 2.75) is 32.6 Å². The van der Waals surface area contributed by atoms with E-state index >= 15 is 0 Å². The lowest BCUT2D eigenvalue weighted by molar-refractivity contribution is 0.217. The number of carbonyl (C=O) groups excluding carboxylic acids is 1. The molecule has 0 radical (unpaired) electrons. The van der Waals surface area contributed by atoms with E-state index in [1.54, 1.807) is 0 Å². The molecule has 0 bridgehead atoms. The predicted molar refractivity (Wildman–Crippen MR) is 96.7 cm³/mol. The number of fused-ring (bicyclic) bond motifs is 1. The molecule has 1 atom stereocenters. The van der Waals surface area contributed by atoms with E-state index in [2.05, 4.69) is 30.3 Å². The van der Waals surface area contributed by atoms with Crippen LogP contribution in [0.15, 0.2) is 18.2 Å². The van der Waals surface area contributed by atoms with Gasteiger partial charge in [0.25, 0.3) is 0 Å². The Bertz CT molecular complexity index is 576. The fraction of sp³-hybridized carbons (Fsp3) is 0.632. The molecule has 1 N–H and O–H groups in total. The van der Waals surface area contributed by atoms with E-state index in [1.807, 2.05) is 17.0 Å². The quantitative estimate of drug-likeness (QED) is 0.901. The molecule has 0 spiro atoms. The molecule has 0 saturated carbocycles. The number of benzene rings is 1. The van der Waals surface area contributed by atoms with E-state index < -0.39 is 0 Å². The van der Waals surface area contributed by atoms with Gasteiger partial charge in [-0.25, -0.2) is 4.79 Å². The molecule has 2 aliphatic heterocycles. The van der Waals surface area contributed by atoms with Crippen LogP contribution in [0.5, 0.6) is 5.75 Å². The van der Waals surface area contributed by atoms with Crippen LogP contribution in [0.25, 0.3) is 0 Å². The maximum Gasteiger partial charge on any atom is 0.321 e. The van der Waals surface area contributed by atoms with Gasteiger partial charge in [0, 0.05) is 25.3 Å². The molecule has 0 aliphatic carbocycles. The highest BCUT2D eigenvalue weighted by atomic mass is 16.5. The zero-order valence-corrected chi connectivity index (χ0v) is 14.9. The molecule has 0 aromatic heterocycles. The Kier molecular flexibility index (Phi) is 5.61. The van der Waals surface area contributed by atoms with Crippen LogP contribution >= 0.6 is 0 Å². The maximum absolute atomic E-state index is 12.5. The standard InChI is InChI=1S/C19H29N3O2/c1-3-9-21(2)13-15-8-10-22(14-15)19(23)20-17-6-7-18-16(12-17)5-4-11-24-18/h6-7,12,15H,3-5,8-11,13-14H2,1-2H3,(H,20,23)/t15-/m1/s1. The predicted octanol–water partition coefficient (Wildman–Crippen LogP) is 3.21. The number of ether oxygens (including phenoxy) is 1. The van der Waals surface area contributed by atoms with Crippen molar-refractivity contribution in [1.29, 1.82) is 0 Å². The summed E-state index contributed by atoms with van der Waals surface area (Å²) in [7, 11) is 2.17. The molecule has 5 nitrogen and oxygen atoms in total. The number of anilines is 1. The van der Waals surface area contributed by atoms with Crippen LogP contribution in [0.4, 0.5) is 10.5 Å². The van der Waals surface area contributed by atoms with E-state index in [9.17, 15) is 4.79 Å². The number of carbonyl (C=O) groups is 1. The Morgan fingerprint density at radius 1 is 1.46 bits per heavy atom. The molecule has 0 unspecified atom stereocenters. The molecule has 24 heavy (non-hydrogen) atoms. The summed E-state index contributed by atoms with van der Waals surface area (Å²) >= 11 is 0. The molecule has 2 amide bonds. The summed E-state index contributed by atoms with van der Waals surface area (Å²) in [5.74, 6) is 1.55. The van der Waals surface area contributed by atoms with Crippen LogP contribution in [0.1, 0.15) is 31.7 Å². The van der Waals surface area contributed by atoms with Crippen molar-refractivity contribution in [1.82, 2.24) is 9.80 Å². The zero-order chi connectivity index (χ0) is 16.9. The van der Waals surface area contributed by atoms with Gasteiger partial charge in [0.2, 0.25) is 0 Å². The van der Waals surface area contributed by atoms with E-state index in [0.717, 1.165) is 63.5 Å². The average Bonchev–Trinajstić information content (AvgIpc) is 3.03. The number of nitrogens with one attached hydrogen (secondary N) is 1. The van der Waals surface area contributed by atoms with Gasteiger partial charge in [-0.15, -0.1) is 0 Å². The summed E-state index contributed by atoms with van der Waals surface area (Å²) in [5.41, 5.74) is 2.07. The average molecular weight is 331 g/mol. The molecule has 2 heterocycles. The topological polar surface area (TPSA) is 44.8 Å². The molecule has 1 aromatic rings. The van der Waals surface area contributed by atoms with Crippen LogP contribution in [0.2, 0.25) is 0 Å². The van der Waals surface area contributed by atoms with Crippen molar-refractivity contribution >= 4 is 11.7 Å². The van der Waals surface area contributed by atoms with Gasteiger partial charge >= 0.3 is 6.03 Å². The molecule has 1 aromatic carbocycles. The zero-order valence-electron chi connectivity index (χ0n) is 14.9. The van der Waals surface area contributed by atoms with Gasteiger partial charge in [-0.3, -0.25) is 0 Å². The third-order valence-electron chi connectivity index (χ3n) is 4.91. The fourth-order valence-electron chi connectivity index (χ4n) is 3.72. The van der Waals surface area contributed by atoms with E-state index in [4.69, 9.17) is 4.74 Å². The summed E-state index contributed by atoms with van der Waals surface area (Å²) in [6.45, 7) is 6.90. The number of amides is 2. The molecule has 3 rings (SSSR count). The first-order valence-corrected chi connectivity index (χ1v) is 9.16. The van der Waals surface area contributed by atoms with Crippen LogP contribution < -0.4 is 10.1 Å². The minimum Gasteiger partial charge on any atom is -0.493 e. The van der Waals surface area contributed by atoms with Gasteiger partial charge in [-0.1, -0.05) is 6.92 Å². The van der Waals surface area contributed by atoms with Gasteiger partial charge in [-0.2, -0.15) is 0 Å². The first-order chi connectivity index (χ1) is 11.7. The summed E-state index contributed by atoms with van der Waals surface area (Å²) in [5, 5.41) is 3.05. The van der Waals surface area contributed by atoms with Crippen molar-refractivity contribution in [2.24, 2.45) is 5.92 Å². The highest BCUT2D eigenvalue weighted by molar-refractivity contribution is 5.89. The lowest BCUT2D eigenvalue weighted by Gasteiger charge is -2.22. The SMILES string of the molecule is CCCN(C)C[C@H]1CCN(C(=O)Nc2ccc3c(c2)CCCO3)C1. The van der Waals surface area contributed by atoms with Gasteiger partial charge < -0.3 is 19.9 Å². The number of nitrogens with zero attached hydrogens (tertiary/aromatic N) is 2. The Labute approximate surface area is 145 Å². The van der Waals surface area contributed by atoms with Crippen molar-refractivity contribution in [3.8, 4) is 5.75 Å². The summed E-state index contributed by atoms with van der Waals surface area (Å²) in [6, 6.07) is 5.98. The Morgan fingerprint density at radius 2 is 2.33 bits per heavy atom. The van der Waals surface area contributed by atoms with Gasteiger partial charge in [0.1, 0.15) is 5.75 Å². The molecule has 1 fully saturated rings. The van der Waals surface area contributed by atoms with E-state index in [-0.39, 0.29) is 6.03 Å². The van der Waals surface area contributed by atoms with Crippen LogP contribution in [-0.4, -0.2) is 55.7 Å². The molecule has 2 aliphatic rings. The normalized spacial score (nSPS) is 20.0. The number of hydrogen-bond acceptors (Lipinski definition) is 3. The maximum atomic E-state index is 12.5. The monoisotopic (exact) mass is 331 g/mol. The van der Waals surface area contributed by atoms with Gasteiger partial charge in [-0.05, 0) is 69.0 Å². The van der Waals surface area contributed by atoms with E-state index in [0.29, 0.717) is 5.92 Å². The van der Waals surface area contributed by atoms with E-state index in [1.165, 1.54) is 12.0 Å². The second-order valence-electron chi connectivity index (χ2n) is 7.07. The third kappa shape index (κ3) is 4.20. The largest absolute Gasteiger partial charge is 0.493 e. The number of rotatable bonds is 5. The smallest absolute Gasteiger partial charge is 0.321 e. The second-order valence-corrected chi connectivity index (χ2v) is 7.07. The molecular weight excluding hydrogens is 302 g/mol. The first-order valence-electron chi connectivity index (χ1n) is 9.16. The summed E-state index contributed by atoms with van der Waals surface area (Å²) < 4.78 is 5.63. The number of aryl methyl sites for hydroxylation is 1. The number of likely N-dealkylation sites (tertiary alicyclic amines) is 1. The lowest BCUT2D eigenvalue weighted by Crippen LogP contribution is -2.34.